The summed E-state index contributed by atoms with van der Waals surface area (Å²) >= 11 is 0. The summed E-state index contributed by atoms with van der Waals surface area (Å²) in [6.45, 7) is 5.08. The van der Waals surface area contributed by atoms with E-state index < -0.39 is 50.4 Å². The molecular formula is C28H25F4N5O3S. The predicted octanol–water partition coefficient (Wildman–Crippen LogP) is 5.46. The first kappa shape index (κ1) is 29.7. The first-order valence-corrected chi connectivity index (χ1v) is 14.1. The molecule has 41 heavy (non-hydrogen) atoms. The maximum Gasteiger partial charge on any atom is 0.417 e. The molecule has 0 aliphatic carbocycles. The van der Waals surface area contributed by atoms with E-state index >= 15 is 4.39 Å². The molecule has 1 aliphatic rings. The summed E-state index contributed by atoms with van der Waals surface area (Å²) in [5.74, 6) is -2.92. The number of amidine groups is 1. The Hall–Kier alpha value is -4.23. The van der Waals surface area contributed by atoms with Crippen LogP contribution >= 0.6 is 0 Å². The number of anilines is 1. The van der Waals surface area contributed by atoms with Gasteiger partial charge in [0.05, 0.1) is 28.8 Å². The molecule has 0 saturated heterocycles. The fourth-order valence-electron chi connectivity index (χ4n) is 4.34. The van der Waals surface area contributed by atoms with Crippen molar-refractivity contribution < 1.29 is 30.8 Å². The summed E-state index contributed by atoms with van der Waals surface area (Å²) < 4.78 is 82.0. The summed E-state index contributed by atoms with van der Waals surface area (Å²) in [6.07, 6.45) is -0.909. The van der Waals surface area contributed by atoms with Gasteiger partial charge in [0.25, 0.3) is 5.91 Å². The lowest BCUT2D eigenvalue weighted by molar-refractivity contribution is -0.137. The molecule has 3 aromatic rings. The minimum Gasteiger partial charge on any atom is -0.320 e. The number of fused-ring (bicyclic) bond motifs is 1. The number of aliphatic imine (C=N–C) groups is 2. The molecule has 0 spiro atoms. The lowest BCUT2D eigenvalue weighted by Crippen LogP contribution is -2.35. The van der Waals surface area contributed by atoms with Gasteiger partial charge in [-0.2, -0.15) is 17.5 Å². The van der Waals surface area contributed by atoms with Crippen LogP contribution in [0.3, 0.4) is 0 Å². The first-order chi connectivity index (χ1) is 19.3. The van der Waals surface area contributed by atoms with Crippen LogP contribution in [0.5, 0.6) is 0 Å². The number of halogens is 4. The van der Waals surface area contributed by atoms with Crippen LogP contribution in [0, 0.1) is 5.82 Å². The number of carbonyl (C=O) groups is 1. The lowest BCUT2D eigenvalue weighted by atomic mass is 10.00. The third kappa shape index (κ3) is 6.57. The Morgan fingerprint density at radius 1 is 1.15 bits per heavy atom. The number of carbonyl (C=O) groups excluding carboxylic acids is 1. The maximum atomic E-state index is 15.1. The number of nitrogens with zero attached hydrogens (tertiary/aromatic N) is 4. The van der Waals surface area contributed by atoms with Crippen molar-refractivity contribution in [3.8, 4) is 11.3 Å². The Morgan fingerprint density at radius 2 is 1.85 bits per heavy atom. The molecule has 13 heteroatoms. The van der Waals surface area contributed by atoms with Gasteiger partial charge in [0.2, 0.25) is 10.0 Å². The van der Waals surface area contributed by atoms with Crippen molar-refractivity contribution in [1.29, 1.82) is 0 Å². The van der Waals surface area contributed by atoms with Gasteiger partial charge in [-0.25, -0.2) is 22.8 Å². The van der Waals surface area contributed by atoms with Gasteiger partial charge in [0, 0.05) is 42.5 Å². The van der Waals surface area contributed by atoms with Crippen LogP contribution in [0.25, 0.3) is 11.3 Å². The molecule has 1 amide bonds. The number of hydrogen-bond donors (Lipinski definition) is 1. The number of allylic oxidation sites excluding steroid dienone is 1. The van der Waals surface area contributed by atoms with Gasteiger partial charge >= 0.3 is 6.18 Å². The quantitative estimate of drug-likeness (QED) is 0.235. The molecule has 4 rings (SSSR count). The molecular weight excluding hydrogens is 562 g/mol. The molecule has 214 valence electrons. The topological polar surface area (TPSA) is 104 Å². The highest BCUT2D eigenvalue weighted by atomic mass is 32.2. The molecule has 1 N–H and O–H groups in total. The van der Waals surface area contributed by atoms with E-state index in [9.17, 15) is 26.4 Å². The number of amides is 1. The van der Waals surface area contributed by atoms with Gasteiger partial charge < -0.3 is 5.32 Å². The Kier molecular flexibility index (Phi) is 8.50. The van der Waals surface area contributed by atoms with Crippen LogP contribution < -0.4 is 5.32 Å². The molecule has 1 aromatic heterocycles. The summed E-state index contributed by atoms with van der Waals surface area (Å²) in [5, 5.41) is 2.56. The van der Waals surface area contributed by atoms with E-state index in [-0.39, 0.29) is 24.8 Å². The van der Waals surface area contributed by atoms with Gasteiger partial charge in [-0.15, -0.1) is 0 Å². The van der Waals surface area contributed by atoms with Crippen LogP contribution in [-0.4, -0.2) is 49.0 Å². The van der Waals surface area contributed by atoms with Crippen molar-refractivity contribution in [2.45, 2.75) is 26.1 Å². The van der Waals surface area contributed by atoms with E-state index in [1.165, 1.54) is 16.6 Å². The highest BCUT2D eigenvalue weighted by Gasteiger charge is 2.36. The summed E-state index contributed by atoms with van der Waals surface area (Å²) in [5.41, 5.74) is -0.465. The molecule has 0 fully saturated rings. The fraction of sp³-hybridized carbons (Fsp3) is 0.214. The van der Waals surface area contributed by atoms with Crippen molar-refractivity contribution in [2.75, 3.05) is 18.1 Å². The average molecular weight is 588 g/mol. The highest BCUT2D eigenvalue weighted by Crippen LogP contribution is 2.35. The normalized spacial score (nSPS) is 14.6. The number of alkyl halides is 3. The van der Waals surface area contributed by atoms with Crippen molar-refractivity contribution in [3.63, 3.8) is 0 Å². The molecule has 0 atom stereocenters. The van der Waals surface area contributed by atoms with Crippen molar-refractivity contribution in [3.05, 3.63) is 94.6 Å². The Balaban J connectivity index is 1.83. The molecule has 8 nitrogen and oxygen atoms in total. The minimum atomic E-state index is -4.97. The summed E-state index contributed by atoms with van der Waals surface area (Å²) in [6, 6.07) is 11.3. The number of benzene rings is 2. The average Bonchev–Trinajstić information content (AvgIpc) is 2.92. The summed E-state index contributed by atoms with van der Waals surface area (Å²) in [7, 11) is -3.51. The van der Waals surface area contributed by atoms with Crippen LogP contribution in [0.1, 0.15) is 39.7 Å². The highest BCUT2D eigenvalue weighted by molar-refractivity contribution is 7.88. The molecule has 0 saturated carbocycles. The Bertz CT molecular complexity index is 1670. The van der Waals surface area contributed by atoms with Crippen molar-refractivity contribution >= 4 is 34.2 Å². The number of sulfonamides is 1. The van der Waals surface area contributed by atoms with E-state index in [1.54, 1.807) is 43.3 Å². The number of nitrogens with one attached hydrogen (secondary N) is 1. The van der Waals surface area contributed by atoms with Gasteiger partial charge in [-0.05, 0) is 37.4 Å². The van der Waals surface area contributed by atoms with Crippen LogP contribution in [0.4, 0.5) is 23.2 Å². The van der Waals surface area contributed by atoms with Crippen molar-refractivity contribution in [2.24, 2.45) is 9.98 Å². The summed E-state index contributed by atoms with van der Waals surface area (Å²) in [4.78, 5) is 25.4. The van der Waals surface area contributed by atoms with E-state index in [0.29, 0.717) is 28.9 Å². The van der Waals surface area contributed by atoms with E-state index in [0.717, 1.165) is 12.3 Å². The van der Waals surface area contributed by atoms with Crippen LogP contribution in [0.15, 0.2) is 70.8 Å². The number of aromatic nitrogens is 1. The standard InChI is InChI=1S/C28H25F4N5O3S/c1-4-11-34-26(33-2)19-14-20(22(29)15-21(19)28(30,31)32)27(38)36-24-13-18-16-37(41(3,39)40)12-10-23(18)35-25(24)17-8-6-5-7-9-17/h4-9,11,13-15H,2,10,12,16H2,1,3H3,(H,36,38)/b11-4-,34-26-. The Morgan fingerprint density at radius 3 is 2.46 bits per heavy atom. The van der Waals surface area contributed by atoms with E-state index in [1.807, 2.05) is 0 Å². The lowest BCUT2D eigenvalue weighted by Gasteiger charge is -2.27. The smallest absolute Gasteiger partial charge is 0.320 e. The van der Waals surface area contributed by atoms with Gasteiger partial charge in [-0.3, -0.25) is 9.78 Å². The number of rotatable bonds is 6. The monoisotopic (exact) mass is 587 g/mol. The second kappa shape index (κ2) is 11.7. The number of hydrogen-bond acceptors (Lipinski definition) is 5. The number of pyridine rings is 1. The molecule has 2 aromatic carbocycles. The molecule has 2 heterocycles. The van der Waals surface area contributed by atoms with Crippen molar-refractivity contribution in [1.82, 2.24) is 9.29 Å². The Labute approximate surface area is 234 Å². The van der Waals surface area contributed by atoms with E-state index in [4.69, 9.17) is 0 Å². The van der Waals surface area contributed by atoms with Gasteiger partial charge in [0.15, 0.2) is 5.84 Å². The van der Waals surface area contributed by atoms with E-state index in [2.05, 4.69) is 27.0 Å². The zero-order chi connectivity index (χ0) is 29.9. The minimum absolute atomic E-state index is 0.00761. The van der Waals surface area contributed by atoms with Crippen LogP contribution in [0.2, 0.25) is 0 Å². The zero-order valence-electron chi connectivity index (χ0n) is 22.0. The fourth-order valence-corrected chi connectivity index (χ4v) is 5.13. The SMILES string of the molecule is C=N/C(=N\C=C/C)c1cc(C(=O)Nc2cc3c(nc2-c2ccccc2)CCN(S(C)(=O)=O)C3)c(F)cc1C(F)(F)F. The molecule has 0 radical (unpaired) electrons. The predicted molar refractivity (Wildman–Crippen MR) is 149 cm³/mol. The third-order valence-electron chi connectivity index (χ3n) is 6.29. The second-order valence-corrected chi connectivity index (χ2v) is 11.1. The molecule has 1 aliphatic heterocycles. The second-order valence-electron chi connectivity index (χ2n) is 9.13. The maximum absolute atomic E-state index is 15.1. The van der Waals surface area contributed by atoms with Crippen LogP contribution in [-0.2, 0) is 29.2 Å². The molecule has 0 unspecified atom stereocenters. The van der Waals surface area contributed by atoms with Gasteiger partial charge in [-0.1, -0.05) is 36.4 Å². The van der Waals surface area contributed by atoms with Gasteiger partial charge in [0.1, 0.15) is 5.82 Å². The zero-order valence-corrected chi connectivity index (χ0v) is 22.9. The molecule has 0 bridgehead atoms. The largest absolute Gasteiger partial charge is 0.417 e. The first-order valence-electron chi connectivity index (χ1n) is 12.2. The third-order valence-corrected chi connectivity index (χ3v) is 7.54.